The molecule has 0 saturated carbocycles. The molecule has 8 heteroatoms. The van der Waals surface area contributed by atoms with Crippen LogP contribution in [0.2, 0.25) is 0 Å². The molecule has 1 saturated heterocycles. The summed E-state index contributed by atoms with van der Waals surface area (Å²) in [5.41, 5.74) is 0. The summed E-state index contributed by atoms with van der Waals surface area (Å²) in [6.07, 6.45) is 2.65. The van der Waals surface area contributed by atoms with Gasteiger partial charge < -0.3 is 0 Å². The zero-order valence-electron chi connectivity index (χ0n) is 13.5. The van der Waals surface area contributed by atoms with Gasteiger partial charge in [-0.25, -0.2) is 17.8 Å². The fraction of sp³-hybridized carbons (Fsp3) is 0.500. The molecular formula is C16H22N2O5S. The summed E-state index contributed by atoms with van der Waals surface area (Å²) >= 11 is 0. The van der Waals surface area contributed by atoms with E-state index < -0.39 is 21.8 Å². The highest BCUT2D eigenvalue weighted by Gasteiger charge is 2.46. The molecule has 1 aromatic rings. The van der Waals surface area contributed by atoms with Crippen molar-refractivity contribution in [3.8, 4) is 0 Å². The number of benzene rings is 1. The minimum atomic E-state index is -3.93. The van der Waals surface area contributed by atoms with E-state index in [1.165, 1.54) is 12.1 Å². The first-order valence-electron chi connectivity index (χ1n) is 7.94. The van der Waals surface area contributed by atoms with E-state index in [0.29, 0.717) is 11.5 Å². The van der Waals surface area contributed by atoms with E-state index in [-0.39, 0.29) is 30.3 Å². The summed E-state index contributed by atoms with van der Waals surface area (Å²) in [6, 6.07) is 7.79. The SMILES string of the molecule is CCCCC1CN(S(=O)(=O)c2ccccc2)C(=O)C1CN(O)C=O. The lowest BCUT2D eigenvalue weighted by Crippen LogP contribution is -2.36. The molecular weight excluding hydrogens is 332 g/mol. The van der Waals surface area contributed by atoms with Crippen molar-refractivity contribution >= 4 is 22.3 Å². The zero-order chi connectivity index (χ0) is 17.7. The standard InChI is InChI=1S/C16H22N2O5S/c1-2-3-7-13-10-18(16(20)15(13)11-17(21)12-19)24(22,23)14-8-5-4-6-9-14/h4-6,8-9,12-13,15,21H,2-3,7,10-11H2,1H3. The highest BCUT2D eigenvalue weighted by molar-refractivity contribution is 7.89. The Morgan fingerprint density at radius 1 is 1.33 bits per heavy atom. The maximum absolute atomic E-state index is 12.7. The molecule has 24 heavy (non-hydrogen) atoms. The van der Waals surface area contributed by atoms with Crippen LogP contribution in [-0.2, 0) is 19.6 Å². The van der Waals surface area contributed by atoms with E-state index in [2.05, 4.69) is 0 Å². The molecule has 1 fully saturated rings. The van der Waals surface area contributed by atoms with Crippen molar-refractivity contribution in [2.75, 3.05) is 13.1 Å². The van der Waals surface area contributed by atoms with Gasteiger partial charge in [-0.15, -0.1) is 0 Å². The second kappa shape index (κ2) is 7.76. The van der Waals surface area contributed by atoms with Crippen molar-refractivity contribution in [2.45, 2.75) is 31.1 Å². The smallest absolute Gasteiger partial charge is 0.266 e. The van der Waals surface area contributed by atoms with Gasteiger partial charge in [0, 0.05) is 6.54 Å². The molecule has 2 amide bonds. The molecule has 1 N–H and O–H groups in total. The molecule has 132 valence electrons. The second-order valence-electron chi connectivity index (χ2n) is 5.92. The third-order valence-corrected chi connectivity index (χ3v) is 6.07. The number of hydrogen-bond acceptors (Lipinski definition) is 5. The van der Waals surface area contributed by atoms with Crippen molar-refractivity contribution in [3.05, 3.63) is 30.3 Å². The number of carbonyl (C=O) groups is 2. The van der Waals surface area contributed by atoms with Gasteiger partial charge >= 0.3 is 0 Å². The van der Waals surface area contributed by atoms with E-state index >= 15 is 0 Å². The average molecular weight is 354 g/mol. The first kappa shape index (κ1) is 18.4. The van der Waals surface area contributed by atoms with Gasteiger partial charge in [0.15, 0.2) is 0 Å². The Bertz CT molecular complexity index is 677. The summed E-state index contributed by atoms with van der Waals surface area (Å²) in [5, 5.41) is 9.83. The number of rotatable bonds is 8. The Balaban J connectivity index is 2.28. The van der Waals surface area contributed by atoms with Crippen molar-refractivity contribution in [1.29, 1.82) is 0 Å². The highest BCUT2D eigenvalue weighted by Crippen LogP contribution is 2.33. The molecule has 1 aliphatic heterocycles. The van der Waals surface area contributed by atoms with Gasteiger partial charge in [0.2, 0.25) is 12.3 Å². The van der Waals surface area contributed by atoms with E-state index in [4.69, 9.17) is 0 Å². The van der Waals surface area contributed by atoms with Crippen LogP contribution >= 0.6 is 0 Å². The summed E-state index contributed by atoms with van der Waals surface area (Å²) < 4.78 is 26.3. The largest absolute Gasteiger partial charge is 0.286 e. The molecule has 7 nitrogen and oxygen atoms in total. The van der Waals surface area contributed by atoms with Crippen LogP contribution in [0.15, 0.2) is 35.2 Å². The zero-order valence-corrected chi connectivity index (χ0v) is 14.4. The van der Waals surface area contributed by atoms with E-state index in [0.717, 1.165) is 17.1 Å². The van der Waals surface area contributed by atoms with Crippen LogP contribution in [0.4, 0.5) is 0 Å². The minimum absolute atomic E-state index is 0.0597. The third kappa shape index (κ3) is 3.76. The number of carbonyl (C=O) groups excluding carboxylic acids is 2. The van der Waals surface area contributed by atoms with Crippen molar-refractivity contribution in [3.63, 3.8) is 0 Å². The molecule has 0 aromatic heterocycles. The third-order valence-electron chi connectivity index (χ3n) is 4.30. The van der Waals surface area contributed by atoms with Gasteiger partial charge in [-0.2, -0.15) is 0 Å². The molecule has 1 heterocycles. The lowest BCUT2D eigenvalue weighted by atomic mass is 9.90. The summed E-state index contributed by atoms with van der Waals surface area (Å²) in [4.78, 5) is 23.4. The van der Waals surface area contributed by atoms with Crippen LogP contribution in [0.1, 0.15) is 26.2 Å². The Morgan fingerprint density at radius 2 is 2.00 bits per heavy atom. The van der Waals surface area contributed by atoms with Gasteiger partial charge in [-0.1, -0.05) is 38.0 Å². The molecule has 0 radical (unpaired) electrons. The van der Waals surface area contributed by atoms with Crippen LogP contribution in [-0.4, -0.2) is 48.4 Å². The molecule has 2 rings (SSSR count). The topological polar surface area (TPSA) is 95.0 Å². The quantitative estimate of drug-likeness (QED) is 0.433. The maximum Gasteiger partial charge on any atom is 0.266 e. The summed E-state index contributed by atoms with van der Waals surface area (Å²) in [5.74, 6) is -1.50. The van der Waals surface area contributed by atoms with Crippen LogP contribution in [0.25, 0.3) is 0 Å². The Kier molecular flexibility index (Phi) is 5.95. The molecule has 1 aromatic carbocycles. The predicted octanol–water partition coefficient (Wildman–Crippen LogP) is 1.49. The van der Waals surface area contributed by atoms with Gasteiger partial charge in [0.25, 0.3) is 10.0 Å². The van der Waals surface area contributed by atoms with Crippen LogP contribution in [0, 0.1) is 11.8 Å². The first-order chi connectivity index (χ1) is 11.4. The predicted molar refractivity (Wildman–Crippen MR) is 86.4 cm³/mol. The Hall–Kier alpha value is -1.93. The van der Waals surface area contributed by atoms with Gasteiger partial charge in [0.1, 0.15) is 0 Å². The minimum Gasteiger partial charge on any atom is -0.286 e. The molecule has 1 aliphatic rings. The van der Waals surface area contributed by atoms with Gasteiger partial charge in [-0.05, 0) is 24.5 Å². The van der Waals surface area contributed by atoms with Gasteiger partial charge in [-0.3, -0.25) is 14.8 Å². The summed E-state index contributed by atoms with van der Waals surface area (Å²) in [6.45, 7) is 1.89. The number of amides is 2. The summed E-state index contributed by atoms with van der Waals surface area (Å²) in [7, 11) is -3.93. The average Bonchev–Trinajstić information content (AvgIpc) is 2.90. The maximum atomic E-state index is 12.7. The van der Waals surface area contributed by atoms with Gasteiger partial charge in [0.05, 0.1) is 17.4 Å². The fourth-order valence-corrected chi connectivity index (χ4v) is 4.50. The molecule has 0 bridgehead atoms. The molecule has 2 unspecified atom stereocenters. The number of sulfonamides is 1. The van der Waals surface area contributed by atoms with Crippen LogP contribution in [0.5, 0.6) is 0 Å². The monoisotopic (exact) mass is 354 g/mol. The highest BCUT2D eigenvalue weighted by atomic mass is 32.2. The van der Waals surface area contributed by atoms with Crippen LogP contribution < -0.4 is 0 Å². The number of nitrogens with zero attached hydrogens (tertiary/aromatic N) is 2. The normalized spacial score (nSPS) is 21.1. The second-order valence-corrected chi connectivity index (χ2v) is 7.79. The number of hydrogen-bond donors (Lipinski definition) is 1. The van der Waals surface area contributed by atoms with E-state index in [1.807, 2.05) is 6.92 Å². The lowest BCUT2D eigenvalue weighted by molar-refractivity contribution is -0.155. The number of hydroxylamine groups is 2. The van der Waals surface area contributed by atoms with Crippen molar-refractivity contribution in [1.82, 2.24) is 9.37 Å². The first-order valence-corrected chi connectivity index (χ1v) is 9.38. The lowest BCUT2D eigenvalue weighted by Gasteiger charge is -2.19. The van der Waals surface area contributed by atoms with Crippen molar-refractivity contribution < 1.29 is 23.2 Å². The Labute approximate surface area is 141 Å². The molecule has 0 spiro atoms. The van der Waals surface area contributed by atoms with E-state index in [1.54, 1.807) is 18.2 Å². The fourth-order valence-electron chi connectivity index (χ4n) is 2.98. The molecule has 2 atom stereocenters. The van der Waals surface area contributed by atoms with E-state index in [9.17, 15) is 23.2 Å². The Morgan fingerprint density at radius 3 is 2.58 bits per heavy atom. The van der Waals surface area contributed by atoms with Crippen LogP contribution in [0.3, 0.4) is 0 Å². The molecule has 0 aliphatic carbocycles. The number of unbranched alkanes of at least 4 members (excludes halogenated alkanes) is 1. The van der Waals surface area contributed by atoms with Crippen molar-refractivity contribution in [2.24, 2.45) is 11.8 Å².